The lowest BCUT2D eigenvalue weighted by Crippen LogP contribution is -2.47. The van der Waals surface area contributed by atoms with Crippen molar-refractivity contribution in [2.75, 3.05) is 40.9 Å². The number of rotatable bonds is 53. The van der Waals surface area contributed by atoms with Gasteiger partial charge in [0, 0.05) is 12.8 Å². The van der Waals surface area contributed by atoms with Crippen molar-refractivity contribution in [3.8, 4) is 0 Å². The van der Waals surface area contributed by atoms with Gasteiger partial charge in [-0.3, -0.25) is 14.2 Å². The molecule has 0 rings (SSSR count). The van der Waals surface area contributed by atoms with E-state index in [2.05, 4.69) is 135 Å². The molecule has 0 heterocycles. The van der Waals surface area contributed by atoms with Crippen LogP contribution in [0.4, 0.5) is 0 Å². The molecule has 0 aromatic rings. The van der Waals surface area contributed by atoms with E-state index < -0.39 is 32.5 Å². The first kappa shape index (κ1) is 72.4. The van der Waals surface area contributed by atoms with E-state index in [9.17, 15) is 19.0 Å². The van der Waals surface area contributed by atoms with Gasteiger partial charge >= 0.3 is 5.97 Å². The molecule has 0 aromatic carbocycles. The number of ether oxygens (including phenoxy) is 1. The Morgan fingerprint density at radius 1 is 0.474 bits per heavy atom. The fourth-order valence-corrected chi connectivity index (χ4v) is 8.67. The predicted molar refractivity (Wildman–Crippen MR) is 325 cm³/mol. The largest absolute Gasteiger partial charge is 0.756 e. The van der Waals surface area contributed by atoms with Crippen LogP contribution in [-0.4, -0.2) is 69.4 Å². The van der Waals surface area contributed by atoms with Crippen molar-refractivity contribution in [1.82, 2.24) is 5.32 Å². The van der Waals surface area contributed by atoms with Gasteiger partial charge in [0.15, 0.2) is 0 Å². The third-order valence-corrected chi connectivity index (χ3v) is 13.6. The first-order valence-electron chi connectivity index (χ1n) is 30.3. The number of phosphoric acid groups is 1. The molecule has 3 unspecified atom stereocenters. The van der Waals surface area contributed by atoms with Crippen LogP contribution in [0.3, 0.4) is 0 Å². The Morgan fingerprint density at radius 2 is 0.855 bits per heavy atom. The lowest BCUT2D eigenvalue weighted by Gasteiger charge is -2.30. The molecule has 9 nitrogen and oxygen atoms in total. The summed E-state index contributed by atoms with van der Waals surface area (Å²) < 4.78 is 30.2. The number of phosphoric ester groups is 1. The number of quaternary nitrogens is 1. The Kier molecular flexibility index (Phi) is 52.2. The highest BCUT2D eigenvalue weighted by atomic mass is 31.2. The monoisotopic (exact) mass is 1080 g/mol. The van der Waals surface area contributed by atoms with Crippen LogP contribution in [0.2, 0.25) is 0 Å². The van der Waals surface area contributed by atoms with Crippen molar-refractivity contribution in [1.29, 1.82) is 0 Å². The molecular weight excluding hydrogens is 964 g/mol. The van der Waals surface area contributed by atoms with Crippen LogP contribution in [0, 0.1) is 0 Å². The number of nitrogens with zero attached hydrogens (tertiary/aromatic N) is 1. The van der Waals surface area contributed by atoms with Crippen molar-refractivity contribution < 1.29 is 37.3 Å². The van der Waals surface area contributed by atoms with Crippen LogP contribution in [-0.2, 0) is 27.9 Å². The lowest BCUT2D eigenvalue weighted by atomic mass is 10.0. The number of unbranched alkanes of at least 4 members (excludes halogenated alkanes) is 19. The van der Waals surface area contributed by atoms with E-state index in [-0.39, 0.29) is 25.4 Å². The zero-order valence-corrected chi connectivity index (χ0v) is 50.3. The fraction of sp³-hybridized carbons (Fsp3) is 0.667. The number of nitrogens with one attached hydrogen (secondary N) is 1. The van der Waals surface area contributed by atoms with Gasteiger partial charge in [0.25, 0.3) is 7.82 Å². The Bertz CT molecular complexity index is 1720. The first-order valence-corrected chi connectivity index (χ1v) is 31.8. The molecule has 434 valence electrons. The van der Waals surface area contributed by atoms with Crippen molar-refractivity contribution >= 4 is 19.7 Å². The molecule has 0 bridgehead atoms. The molecule has 1 amide bonds. The summed E-state index contributed by atoms with van der Waals surface area (Å²) in [7, 11) is 1.12. The Morgan fingerprint density at radius 3 is 1.32 bits per heavy atom. The normalized spacial score (nSPS) is 14.6. The molecule has 0 aliphatic rings. The summed E-state index contributed by atoms with van der Waals surface area (Å²) in [6, 6.07) is -0.930. The molecule has 0 aliphatic carbocycles. The van der Waals surface area contributed by atoms with E-state index in [0.29, 0.717) is 23.9 Å². The first-order chi connectivity index (χ1) is 36.9. The highest BCUT2D eigenvalue weighted by Gasteiger charge is 2.27. The van der Waals surface area contributed by atoms with Crippen molar-refractivity contribution in [3.63, 3.8) is 0 Å². The average Bonchev–Trinajstić information content (AvgIpc) is 3.38. The van der Waals surface area contributed by atoms with Crippen molar-refractivity contribution in [2.45, 2.75) is 245 Å². The summed E-state index contributed by atoms with van der Waals surface area (Å²) in [6.07, 6.45) is 76.0. The highest BCUT2D eigenvalue weighted by molar-refractivity contribution is 7.45. The lowest BCUT2D eigenvalue weighted by molar-refractivity contribution is -0.870. The molecule has 0 radical (unpaired) electrons. The molecule has 0 fully saturated rings. The zero-order chi connectivity index (χ0) is 55.7. The quantitative estimate of drug-likeness (QED) is 0.0212. The number of hydrogen-bond acceptors (Lipinski definition) is 7. The molecular formula is C66H113N2O7P. The summed E-state index contributed by atoms with van der Waals surface area (Å²) in [6.45, 7) is 6.63. The van der Waals surface area contributed by atoms with Gasteiger partial charge in [-0.15, -0.1) is 0 Å². The number of carbonyl (C=O) groups is 2. The maximum absolute atomic E-state index is 13.5. The molecule has 76 heavy (non-hydrogen) atoms. The Balaban J connectivity index is 5.41. The van der Waals surface area contributed by atoms with E-state index in [0.717, 1.165) is 109 Å². The number of carbonyl (C=O) groups excluding carboxylic acids is 2. The van der Waals surface area contributed by atoms with E-state index in [1.165, 1.54) is 77.0 Å². The summed E-state index contributed by atoms with van der Waals surface area (Å²) in [5.74, 6) is -0.639. The van der Waals surface area contributed by atoms with Gasteiger partial charge in [0.05, 0.1) is 33.8 Å². The van der Waals surface area contributed by atoms with Gasteiger partial charge in [0.2, 0.25) is 5.91 Å². The maximum Gasteiger partial charge on any atom is 0.306 e. The molecule has 0 aliphatic heterocycles. The summed E-state index contributed by atoms with van der Waals surface area (Å²) in [5, 5.41) is 3.00. The summed E-state index contributed by atoms with van der Waals surface area (Å²) >= 11 is 0. The van der Waals surface area contributed by atoms with Gasteiger partial charge < -0.3 is 28.5 Å². The number of hydrogen-bond donors (Lipinski definition) is 1. The number of amides is 1. The molecule has 0 saturated carbocycles. The van der Waals surface area contributed by atoms with Crippen LogP contribution in [0.1, 0.15) is 233 Å². The summed E-state index contributed by atoms with van der Waals surface area (Å²) in [5.41, 5.74) is 0. The van der Waals surface area contributed by atoms with Crippen molar-refractivity contribution in [2.24, 2.45) is 0 Å². The molecule has 10 heteroatoms. The van der Waals surface area contributed by atoms with Crippen LogP contribution in [0.5, 0.6) is 0 Å². The SMILES string of the molecule is CC/C=C\C/C=C\C/C=C\C/C=C\C/C=C\CCCC(=O)OC(/C=C\CCCCCCCCCCCC)C(COP(=O)([O-])OCC[N+](C)(C)C)NC(=O)CCCCCCC/C=C\C/C=C\C/C=C\C/C=C\CCCCC. The molecule has 0 spiro atoms. The predicted octanol–water partition coefficient (Wildman–Crippen LogP) is 18.1. The second kappa shape index (κ2) is 54.8. The molecule has 0 aromatic heterocycles. The van der Waals surface area contributed by atoms with Gasteiger partial charge in [-0.25, -0.2) is 0 Å². The third kappa shape index (κ3) is 55.2. The van der Waals surface area contributed by atoms with Crippen LogP contribution >= 0.6 is 7.82 Å². The highest BCUT2D eigenvalue weighted by Crippen LogP contribution is 2.38. The smallest absolute Gasteiger partial charge is 0.306 e. The van der Waals surface area contributed by atoms with Gasteiger partial charge in [-0.1, -0.05) is 226 Å². The second-order valence-corrected chi connectivity index (χ2v) is 22.5. The molecule has 1 N–H and O–H groups in total. The number of allylic oxidation sites excluding steroid dienone is 19. The second-order valence-electron chi connectivity index (χ2n) is 21.1. The fourth-order valence-electron chi connectivity index (χ4n) is 7.95. The Hall–Kier alpha value is -3.59. The summed E-state index contributed by atoms with van der Waals surface area (Å²) in [4.78, 5) is 39.9. The van der Waals surface area contributed by atoms with Gasteiger partial charge in [-0.2, -0.15) is 0 Å². The zero-order valence-electron chi connectivity index (χ0n) is 49.4. The minimum atomic E-state index is -4.72. The third-order valence-electron chi connectivity index (χ3n) is 12.6. The topological polar surface area (TPSA) is 114 Å². The van der Waals surface area contributed by atoms with Crippen LogP contribution in [0.25, 0.3) is 0 Å². The van der Waals surface area contributed by atoms with E-state index in [1.807, 2.05) is 27.2 Å². The average molecular weight is 1080 g/mol. The standard InChI is InChI=1S/C66H113N2O7P/c1-7-10-13-16-19-22-25-28-30-32-33-34-35-37-38-40-43-46-49-52-55-58-65(69)67-63(62-74-76(71,72)73-61-60-68(4,5)6)64(57-54-51-48-45-42-27-24-21-18-15-12-9-3)75-66(70)59-56-53-50-47-44-41-39-36-31-29-26-23-20-17-14-11-8-2/h11,14,19-20,22-23,28-31,33-34,37-39,41,47,50,54,57,63-64H,7-10,12-13,15-18,21,24-27,32,35-36,40,42-46,48-49,51-53,55-56,58-62H2,1-6H3,(H-,67,69,71,72)/b14-11-,22-19-,23-20-,30-28-,31-29-,34-33-,38-37-,41-39-,50-47-,57-54-. The van der Waals surface area contributed by atoms with E-state index in [1.54, 1.807) is 6.08 Å². The molecule has 0 saturated heterocycles. The minimum absolute atomic E-state index is 0.0417. The van der Waals surface area contributed by atoms with Gasteiger partial charge in [-0.05, 0) is 115 Å². The number of likely N-dealkylation sites (N-methyl/N-ethyl adjacent to an activating group) is 1. The van der Waals surface area contributed by atoms with Gasteiger partial charge in [0.1, 0.15) is 19.3 Å². The van der Waals surface area contributed by atoms with Crippen LogP contribution < -0.4 is 10.2 Å². The van der Waals surface area contributed by atoms with Crippen molar-refractivity contribution in [3.05, 3.63) is 122 Å². The molecule has 3 atom stereocenters. The minimum Gasteiger partial charge on any atom is -0.756 e. The van der Waals surface area contributed by atoms with Crippen LogP contribution in [0.15, 0.2) is 122 Å². The van der Waals surface area contributed by atoms with E-state index in [4.69, 9.17) is 13.8 Å². The maximum atomic E-state index is 13.5. The van der Waals surface area contributed by atoms with E-state index >= 15 is 0 Å². The number of esters is 1. The Labute approximate surface area is 467 Å².